The first-order valence-corrected chi connectivity index (χ1v) is 5.65. The molecule has 0 saturated carbocycles. The van der Waals surface area contributed by atoms with Crippen molar-refractivity contribution in [3.05, 3.63) is 53.8 Å². The normalized spacial score (nSPS) is 12.7. The van der Waals surface area contributed by atoms with Crippen LogP contribution in [-0.4, -0.2) is 5.11 Å². The van der Waals surface area contributed by atoms with Crippen LogP contribution in [0.25, 0.3) is 22.1 Å². The highest BCUT2D eigenvalue weighted by Crippen LogP contribution is 2.43. The molecule has 1 N–H and O–H groups in total. The van der Waals surface area contributed by atoms with Gasteiger partial charge in [-0.1, -0.05) is 30.3 Å². The van der Waals surface area contributed by atoms with Crippen LogP contribution >= 0.6 is 0 Å². The first-order valence-electron chi connectivity index (χ1n) is 5.65. The predicted molar refractivity (Wildman–Crippen MR) is 66.1 cm³/mol. The van der Waals surface area contributed by atoms with E-state index < -0.39 is 0 Å². The third-order valence-corrected chi connectivity index (χ3v) is 3.50. The summed E-state index contributed by atoms with van der Waals surface area (Å²) < 4.78 is 5.32. The molecule has 4 rings (SSSR count). The Morgan fingerprint density at radius 1 is 1.00 bits per heavy atom. The lowest BCUT2D eigenvalue weighted by Crippen LogP contribution is -1.81. The van der Waals surface area contributed by atoms with Crippen molar-refractivity contribution in [3.63, 3.8) is 0 Å². The lowest BCUT2D eigenvalue weighted by molar-refractivity contribution is 0.464. The molecule has 0 aliphatic heterocycles. The Morgan fingerprint density at radius 3 is 2.82 bits per heavy atom. The molecule has 3 aromatic rings. The van der Waals surface area contributed by atoms with E-state index in [4.69, 9.17) is 4.42 Å². The molecule has 82 valence electrons. The molecule has 0 saturated heterocycles. The van der Waals surface area contributed by atoms with E-state index in [1.165, 1.54) is 28.5 Å². The SMILES string of the molecule is Oc1coc2ccc3c(c12)Cc1ccccc1-3. The predicted octanol–water partition coefficient (Wildman–Crippen LogP) is 3.71. The van der Waals surface area contributed by atoms with Gasteiger partial charge in [-0.2, -0.15) is 0 Å². The average Bonchev–Trinajstić information content (AvgIpc) is 2.90. The third-order valence-electron chi connectivity index (χ3n) is 3.50. The molecule has 1 aromatic heterocycles. The van der Waals surface area contributed by atoms with Crippen LogP contribution in [0.1, 0.15) is 11.1 Å². The van der Waals surface area contributed by atoms with E-state index in [1.54, 1.807) is 0 Å². The van der Waals surface area contributed by atoms with E-state index in [0.29, 0.717) is 0 Å². The number of hydrogen-bond donors (Lipinski definition) is 1. The van der Waals surface area contributed by atoms with E-state index in [9.17, 15) is 5.11 Å². The number of fused-ring (bicyclic) bond motifs is 5. The standard InChI is InChI=1S/C15H10O2/c16-13-8-17-14-6-5-11-10-4-2-1-3-9(10)7-12(11)15(13)14/h1-6,8,16H,7H2. The molecule has 1 aliphatic carbocycles. The van der Waals surface area contributed by atoms with Gasteiger partial charge in [-0.3, -0.25) is 0 Å². The van der Waals surface area contributed by atoms with E-state index in [1.807, 2.05) is 12.1 Å². The number of furan rings is 1. The van der Waals surface area contributed by atoms with Gasteiger partial charge in [0.1, 0.15) is 11.8 Å². The Balaban J connectivity index is 2.13. The Morgan fingerprint density at radius 2 is 1.88 bits per heavy atom. The van der Waals surface area contributed by atoms with Crippen LogP contribution in [-0.2, 0) is 6.42 Å². The fraction of sp³-hybridized carbons (Fsp3) is 0.0667. The molecule has 0 amide bonds. The molecule has 0 atom stereocenters. The highest BCUT2D eigenvalue weighted by molar-refractivity contribution is 5.96. The first-order chi connectivity index (χ1) is 8.34. The second-order valence-corrected chi connectivity index (χ2v) is 4.42. The van der Waals surface area contributed by atoms with Crippen molar-refractivity contribution in [1.82, 2.24) is 0 Å². The monoisotopic (exact) mass is 222 g/mol. The minimum atomic E-state index is 0.240. The largest absolute Gasteiger partial charge is 0.504 e. The lowest BCUT2D eigenvalue weighted by Gasteiger charge is -2.01. The Bertz CT molecular complexity index is 738. The lowest BCUT2D eigenvalue weighted by atomic mass is 10.0. The Kier molecular flexibility index (Phi) is 1.52. The van der Waals surface area contributed by atoms with Gasteiger partial charge in [0, 0.05) is 0 Å². The zero-order valence-electron chi connectivity index (χ0n) is 9.10. The molecular formula is C15H10O2. The summed E-state index contributed by atoms with van der Waals surface area (Å²) in [6.07, 6.45) is 2.28. The Labute approximate surface area is 98.1 Å². The van der Waals surface area contributed by atoms with Gasteiger partial charge < -0.3 is 9.52 Å². The van der Waals surface area contributed by atoms with Crippen molar-refractivity contribution < 1.29 is 9.52 Å². The summed E-state index contributed by atoms with van der Waals surface area (Å²) in [4.78, 5) is 0. The third kappa shape index (κ3) is 1.04. The summed E-state index contributed by atoms with van der Waals surface area (Å²) in [5.41, 5.74) is 5.73. The molecular weight excluding hydrogens is 212 g/mol. The fourth-order valence-electron chi connectivity index (χ4n) is 2.75. The summed E-state index contributed by atoms with van der Waals surface area (Å²) in [6, 6.07) is 12.4. The van der Waals surface area contributed by atoms with E-state index in [0.717, 1.165) is 17.4 Å². The number of aromatic hydroxyl groups is 1. The van der Waals surface area contributed by atoms with Crippen LogP contribution in [0, 0.1) is 0 Å². The maximum absolute atomic E-state index is 9.86. The van der Waals surface area contributed by atoms with Gasteiger partial charge in [0.05, 0.1) is 5.39 Å². The molecule has 1 heterocycles. The maximum Gasteiger partial charge on any atom is 0.162 e. The molecule has 2 aromatic carbocycles. The molecule has 1 aliphatic rings. The summed E-state index contributed by atoms with van der Waals surface area (Å²) in [6.45, 7) is 0. The summed E-state index contributed by atoms with van der Waals surface area (Å²) >= 11 is 0. The minimum absolute atomic E-state index is 0.240. The second kappa shape index (κ2) is 2.92. The minimum Gasteiger partial charge on any atom is -0.504 e. The molecule has 2 heteroatoms. The van der Waals surface area contributed by atoms with Gasteiger partial charge >= 0.3 is 0 Å². The summed E-state index contributed by atoms with van der Waals surface area (Å²) in [7, 11) is 0. The van der Waals surface area contributed by atoms with Gasteiger partial charge in [0.2, 0.25) is 0 Å². The summed E-state index contributed by atoms with van der Waals surface area (Å²) in [5.74, 6) is 0.240. The van der Waals surface area contributed by atoms with Gasteiger partial charge in [-0.15, -0.1) is 0 Å². The van der Waals surface area contributed by atoms with Gasteiger partial charge in [0.25, 0.3) is 0 Å². The van der Waals surface area contributed by atoms with Crippen LogP contribution in [0.4, 0.5) is 0 Å². The van der Waals surface area contributed by atoms with Crippen LogP contribution in [0.2, 0.25) is 0 Å². The van der Waals surface area contributed by atoms with Crippen molar-refractivity contribution in [3.8, 4) is 16.9 Å². The second-order valence-electron chi connectivity index (χ2n) is 4.42. The van der Waals surface area contributed by atoms with Gasteiger partial charge in [-0.25, -0.2) is 0 Å². The van der Waals surface area contributed by atoms with Crippen molar-refractivity contribution in [2.45, 2.75) is 6.42 Å². The van der Waals surface area contributed by atoms with Crippen molar-refractivity contribution >= 4 is 11.0 Å². The maximum atomic E-state index is 9.86. The number of rotatable bonds is 0. The quantitative estimate of drug-likeness (QED) is 0.492. The molecule has 0 radical (unpaired) electrons. The molecule has 0 unspecified atom stereocenters. The van der Waals surface area contributed by atoms with Crippen LogP contribution in [0.5, 0.6) is 5.75 Å². The van der Waals surface area contributed by atoms with Crippen LogP contribution in [0.15, 0.2) is 47.1 Å². The topological polar surface area (TPSA) is 33.4 Å². The molecule has 0 bridgehead atoms. The van der Waals surface area contributed by atoms with Crippen LogP contribution < -0.4 is 0 Å². The molecule has 2 nitrogen and oxygen atoms in total. The molecule has 0 spiro atoms. The molecule has 17 heavy (non-hydrogen) atoms. The number of hydrogen-bond acceptors (Lipinski definition) is 2. The van der Waals surface area contributed by atoms with Gasteiger partial charge in [0.15, 0.2) is 5.75 Å². The fourth-order valence-corrected chi connectivity index (χ4v) is 2.75. The average molecular weight is 222 g/mol. The van der Waals surface area contributed by atoms with E-state index >= 15 is 0 Å². The van der Waals surface area contributed by atoms with E-state index in [-0.39, 0.29) is 5.75 Å². The first kappa shape index (κ1) is 8.88. The van der Waals surface area contributed by atoms with Gasteiger partial charge in [-0.05, 0) is 34.7 Å². The van der Waals surface area contributed by atoms with E-state index in [2.05, 4.69) is 24.3 Å². The molecule has 0 fully saturated rings. The van der Waals surface area contributed by atoms with Crippen LogP contribution in [0.3, 0.4) is 0 Å². The summed E-state index contributed by atoms with van der Waals surface area (Å²) in [5, 5.41) is 10.7. The zero-order chi connectivity index (χ0) is 11.4. The zero-order valence-corrected chi connectivity index (χ0v) is 9.10. The number of benzene rings is 2. The smallest absolute Gasteiger partial charge is 0.162 e. The highest BCUT2D eigenvalue weighted by Gasteiger charge is 2.22. The van der Waals surface area contributed by atoms with Crippen molar-refractivity contribution in [2.24, 2.45) is 0 Å². The highest BCUT2D eigenvalue weighted by atomic mass is 16.4. The Hall–Kier alpha value is -2.22. The van der Waals surface area contributed by atoms with Crippen molar-refractivity contribution in [2.75, 3.05) is 0 Å². The van der Waals surface area contributed by atoms with Crippen molar-refractivity contribution in [1.29, 1.82) is 0 Å².